The number of hydrogen-bond acceptors (Lipinski definition) is 5. The number of hydrogen-bond donors (Lipinski definition) is 1. The molecule has 3 rings (SSSR count). The summed E-state index contributed by atoms with van der Waals surface area (Å²) in [5, 5.41) is 3.38. The smallest absolute Gasteiger partial charge is 0.262 e. The van der Waals surface area contributed by atoms with Crippen LogP contribution < -0.4 is 10.1 Å². The van der Waals surface area contributed by atoms with Gasteiger partial charge in [-0.15, -0.1) is 0 Å². The number of carbonyl (C=O) groups is 1. The van der Waals surface area contributed by atoms with Crippen LogP contribution in [-0.2, 0) is 19.6 Å². The van der Waals surface area contributed by atoms with Gasteiger partial charge in [-0.3, -0.25) is 4.79 Å². The van der Waals surface area contributed by atoms with Crippen molar-refractivity contribution >= 4 is 56.4 Å². The minimum Gasteiger partial charge on any atom is -0.482 e. The van der Waals surface area contributed by atoms with Crippen LogP contribution in [0.2, 0.25) is 15.1 Å². The molecule has 2 aromatic rings. The third-order valence-electron chi connectivity index (χ3n) is 4.05. The van der Waals surface area contributed by atoms with Crippen LogP contribution >= 0.6 is 34.8 Å². The highest BCUT2D eigenvalue weighted by Crippen LogP contribution is 2.29. The molecule has 0 atom stereocenters. The van der Waals surface area contributed by atoms with Crippen molar-refractivity contribution in [1.82, 2.24) is 4.31 Å². The topological polar surface area (TPSA) is 84.9 Å². The number of benzene rings is 2. The highest BCUT2D eigenvalue weighted by molar-refractivity contribution is 7.89. The van der Waals surface area contributed by atoms with Gasteiger partial charge in [-0.1, -0.05) is 34.8 Å². The van der Waals surface area contributed by atoms with E-state index >= 15 is 0 Å². The molecule has 0 radical (unpaired) electrons. The second-order valence-corrected chi connectivity index (χ2v) is 9.23. The number of amides is 1. The van der Waals surface area contributed by atoms with Crippen molar-refractivity contribution < 1.29 is 22.7 Å². The predicted octanol–water partition coefficient (Wildman–Crippen LogP) is 3.69. The summed E-state index contributed by atoms with van der Waals surface area (Å²) in [6, 6.07) is 8.88. The number of carbonyl (C=O) groups excluding carboxylic acids is 1. The number of nitrogens with one attached hydrogen (secondary N) is 1. The van der Waals surface area contributed by atoms with Crippen molar-refractivity contribution in [2.24, 2.45) is 0 Å². The Labute approximate surface area is 183 Å². The summed E-state index contributed by atoms with van der Waals surface area (Å²) in [7, 11) is -3.81. The highest BCUT2D eigenvalue weighted by atomic mass is 35.5. The molecular formula is C18H17Cl3N2O5S. The maximum Gasteiger partial charge on any atom is 0.262 e. The number of ether oxygens (including phenoxy) is 2. The third-order valence-corrected chi connectivity index (χ3v) is 6.98. The minimum atomic E-state index is -3.81. The van der Waals surface area contributed by atoms with Crippen LogP contribution in [0, 0.1) is 0 Å². The zero-order chi connectivity index (χ0) is 21.0. The maximum atomic E-state index is 12.8. The molecule has 0 spiro atoms. The van der Waals surface area contributed by atoms with E-state index in [9.17, 15) is 13.2 Å². The molecule has 1 heterocycles. The average molecular weight is 480 g/mol. The molecule has 156 valence electrons. The number of rotatable bonds is 6. The fourth-order valence-corrected chi connectivity index (χ4v) is 4.88. The van der Waals surface area contributed by atoms with E-state index in [0.717, 1.165) is 0 Å². The second-order valence-electron chi connectivity index (χ2n) is 6.07. The quantitative estimate of drug-likeness (QED) is 0.683. The van der Waals surface area contributed by atoms with Gasteiger partial charge in [0.1, 0.15) is 10.6 Å². The lowest BCUT2D eigenvalue weighted by atomic mass is 10.3. The van der Waals surface area contributed by atoms with Crippen LogP contribution in [0.15, 0.2) is 41.3 Å². The van der Waals surface area contributed by atoms with E-state index in [2.05, 4.69) is 5.32 Å². The van der Waals surface area contributed by atoms with Gasteiger partial charge in [0.15, 0.2) is 6.61 Å². The Morgan fingerprint density at radius 2 is 1.76 bits per heavy atom. The van der Waals surface area contributed by atoms with Crippen LogP contribution in [0.5, 0.6) is 5.75 Å². The molecule has 11 heteroatoms. The van der Waals surface area contributed by atoms with Crippen LogP contribution in [-0.4, -0.2) is 51.5 Å². The molecule has 1 aliphatic rings. The first-order valence-electron chi connectivity index (χ1n) is 8.52. The monoisotopic (exact) mass is 478 g/mol. The van der Waals surface area contributed by atoms with Gasteiger partial charge < -0.3 is 14.8 Å². The molecule has 1 saturated heterocycles. The van der Waals surface area contributed by atoms with Crippen molar-refractivity contribution in [1.29, 1.82) is 0 Å². The summed E-state index contributed by atoms with van der Waals surface area (Å²) in [6.45, 7) is 0.772. The van der Waals surface area contributed by atoms with Crippen LogP contribution in [0.4, 0.5) is 5.69 Å². The Balaban J connectivity index is 1.70. The average Bonchev–Trinajstić information content (AvgIpc) is 2.70. The highest BCUT2D eigenvalue weighted by Gasteiger charge is 2.28. The minimum absolute atomic E-state index is 0.0662. The lowest BCUT2D eigenvalue weighted by Crippen LogP contribution is -2.40. The van der Waals surface area contributed by atoms with Crippen molar-refractivity contribution in [3.63, 3.8) is 0 Å². The van der Waals surface area contributed by atoms with Crippen molar-refractivity contribution in [3.8, 4) is 5.75 Å². The lowest BCUT2D eigenvalue weighted by molar-refractivity contribution is -0.118. The fraction of sp³-hybridized carbons (Fsp3) is 0.278. The number of halogens is 3. The van der Waals surface area contributed by atoms with Crippen LogP contribution in [0.25, 0.3) is 0 Å². The van der Waals surface area contributed by atoms with Gasteiger partial charge in [0, 0.05) is 29.9 Å². The van der Waals surface area contributed by atoms with Gasteiger partial charge in [-0.05, 0) is 30.3 Å². The molecule has 2 aromatic carbocycles. The molecule has 29 heavy (non-hydrogen) atoms. The molecule has 7 nitrogen and oxygen atoms in total. The van der Waals surface area contributed by atoms with E-state index in [1.54, 1.807) is 12.1 Å². The normalized spacial score (nSPS) is 15.1. The Kier molecular flexibility index (Phi) is 7.26. The molecule has 1 aliphatic heterocycles. The predicted molar refractivity (Wildman–Crippen MR) is 112 cm³/mol. The largest absolute Gasteiger partial charge is 0.482 e. The summed E-state index contributed by atoms with van der Waals surface area (Å²) in [5.41, 5.74) is 0.270. The Morgan fingerprint density at radius 3 is 2.48 bits per heavy atom. The molecule has 0 saturated carbocycles. The van der Waals surface area contributed by atoms with E-state index < -0.39 is 15.9 Å². The first-order valence-corrected chi connectivity index (χ1v) is 11.1. The van der Waals surface area contributed by atoms with E-state index in [1.807, 2.05) is 0 Å². The van der Waals surface area contributed by atoms with Gasteiger partial charge in [0.05, 0.1) is 23.3 Å². The summed E-state index contributed by atoms with van der Waals surface area (Å²) < 4.78 is 37.6. The fourth-order valence-electron chi connectivity index (χ4n) is 2.63. The van der Waals surface area contributed by atoms with Gasteiger partial charge in [-0.2, -0.15) is 4.31 Å². The maximum absolute atomic E-state index is 12.8. The summed E-state index contributed by atoms with van der Waals surface area (Å²) >= 11 is 18.0. The molecule has 0 aromatic heterocycles. The second kappa shape index (κ2) is 9.51. The first kappa shape index (κ1) is 22.1. The van der Waals surface area contributed by atoms with Gasteiger partial charge in [-0.25, -0.2) is 8.42 Å². The van der Waals surface area contributed by atoms with Crippen LogP contribution in [0.3, 0.4) is 0 Å². The molecule has 0 aliphatic carbocycles. The van der Waals surface area contributed by atoms with E-state index in [1.165, 1.54) is 28.6 Å². The lowest BCUT2D eigenvalue weighted by Gasteiger charge is -2.26. The zero-order valence-electron chi connectivity index (χ0n) is 15.0. The Morgan fingerprint density at radius 1 is 1.07 bits per heavy atom. The Bertz CT molecular complexity index is 1010. The van der Waals surface area contributed by atoms with Gasteiger partial charge in [0.2, 0.25) is 10.0 Å². The van der Waals surface area contributed by atoms with E-state index in [0.29, 0.717) is 23.3 Å². The molecule has 0 bridgehead atoms. The number of morpholine rings is 1. The molecule has 1 amide bonds. The van der Waals surface area contributed by atoms with E-state index in [4.69, 9.17) is 44.3 Å². The summed E-state index contributed by atoms with van der Waals surface area (Å²) in [5.74, 6) is -0.237. The van der Waals surface area contributed by atoms with Gasteiger partial charge in [0.25, 0.3) is 5.91 Å². The van der Waals surface area contributed by atoms with Crippen LogP contribution in [0.1, 0.15) is 0 Å². The number of sulfonamides is 1. The standard InChI is InChI=1S/C18H17Cl3N2O5S/c19-12-1-3-14(20)16(9-12)28-11-18(24)22-13-2-4-15(21)17(10-13)29(25,26)23-5-7-27-8-6-23/h1-4,9-10H,5-8,11H2,(H,22,24). The SMILES string of the molecule is O=C(COc1cc(Cl)ccc1Cl)Nc1ccc(Cl)c(S(=O)(=O)N2CCOCC2)c1. The number of nitrogens with zero attached hydrogens (tertiary/aromatic N) is 1. The van der Waals surface area contributed by atoms with Crippen molar-refractivity contribution in [2.45, 2.75) is 4.90 Å². The molecule has 1 fully saturated rings. The number of anilines is 1. The molecule has 0 unspecified atom stereocenters. The molecule has 1 N–H and O–H groups in total. The Hall–Kier alpha value is -1.55. The summed E-state index contributed by atoms with van der Waals surface area (Å²) in [4.78, 5) is 12.1. The zero-order valence-corrected chi connectivity index (χ0v) is 18.1. The van der Waals surface area contributed by atoms with Crippen molar-refractivity contribution in [2.75, 3.05) is 38.2 Å². The molecular weight excluding hydrogens is 463 g/mol. The van der Waals surface area contributed by atoms with Crippen molar-refractivity contribution in [3.05, 3.63) is 51.5 Å². The van der Waals surface area contributed by atoms with Gasteiger partial charge >= 0.3 is 0 Å². The first-order chi connectivity index (χ1) is 13.8. The van der Waals surface area contributed by atoms with E-state index in [-0.39, 0.29) is 41.1 Å². The third kappa shape index (κ3) is 5.53. The summed E-state index contributed by atoms with van der Waals surface area (Å²) in [6.07, 6.45) is 0.